The van der Waals surface area contributed by atoms with Crippen molar-refractivity contribution in [2.45, 2.75) is 44.5 Å². The van der Waals surface area contributed by atoms with Crippen molar-refractivity contribution in [2.24, 2.45) is 0 Å². The third-order valence-electron chi connectivity index (χ3n) is 6.24. The largest absolute Gasteiger partial charge is 0.496 e. The van der Waals surface area contributed by atoms with E-state index in [1.165, 1.54) is 22.7 Å². The Morgan fingerprint density at radius 3 is 2.50 bits per heavy atom. The second-order valence-corrected chi connectivity index (χ2v) is 10.5. The van der Waals surface area contributed by atoms with Crippen molar-refractivity contribution in [3.63, 3.8) is 0 Å². The molecule has 2 aromatic carbocycles. The summed E-state index contributed by atoms with van der Waals surface area (Å²) in [4.78, 5) is 23.0. The fraction of sp³-hybridized carbons (Fsp3) is 0.333. The predicted octanol–water partition coefficient (Wildman–Crippen LogP) is 6.12. The van der Waals surface area contributed by atoms with E-state index >= 15 is 0 Å². The van der Waals surface area contributed by atoms with Crippen molar-refractivity contribution in [2.75, 3.05) is 26.9 Å². The number of carbonyl (C=O) groups is 1. The molecule has 0 spiro atoms. The van der Waals surface area contributed by atoms with Crippen molar-refractivity contribution >= 4 is 41.1 Å². The quantitative estimate of drug-likeness (QED) is 0.106. The third-order valence-corrected chi connectivity index (χ3v) is 7.46. The number of hydrogen-bond donors (Lipinski definition) is 1. The van der Waals surface area contributed by atoms with Gasteiger partial charge in [0.25, 0.3) is 12.3 Å². The van der Waals surface area contributed by atoms with Gasteiger partial charge in [-0.25, -0.2) is 18.7 Å². The second-order valence-electron chi connectivity index (χ2n) is 9.22. The summed E-state index contributed by atoms with van der Waals surface area (Å²) in [5.74, 6) is 2.13. The van der Waals surface area contributed by atoms with Crippen LogP contribution >= 0.6 is 24.0 Å². The Bertz CT molecular complexity index is 1490. The molecular weight excluding hydrogens is 582 g/mol. The SMILES string of the molecule is CCOc1ccc(CCN2C(=O)/C(=C\c3ccc(OC)c(CSc4nc(C)cc(C(F)F)n4)c3)NC2=S)cc1OCC. The van der Waals surface area contributed by atoms with Crippen LogP contribution < -0.4 is 19.5 Å². The van der Waals surface area contributed by atoms with Crippen LogP contribution in [0.1, 0.15) is 48.4 Å². The molecule has 8 nitrogen and oxygen atoms in total. The van der Waals surface area contributed by atoms with Crippen LogP contribution in [-0.4, -0.2) is 52.8 Å². The lowest BCUT2D eigenvalue weighted by Crippen LogP contribution is -2.32. The molecule has 4 rings (SSSR count). The molecule has 2 heterocycles. The van der Waals surface area contributed by atoms with Gasteiger partial charge in [0.05, 0.1) is 20.3 Å². The number of nitrogens with one attached hydrogen (secondary N) is 1. The first-order chi connectivity index (χ1) is 20.2. The minimum absolute atomic E-state index is 0.226. The number of thioether (sulfide) groups is 1. The van der Waals surface area contributed by atoms with Gasteiger partial charge in [-0.15, -0.1) is 0 Å². The lowest BCUT2D eigenvalue weighted by molar-refractivity contribution is -0.122. The molecule has 0 bridgehead atoms. The van der Waals surface area contributed by atoms with Crippen LogP contribution in [0.25, 0.3) is 6.08 Å². The fourth-order valence-corrected chi connectivity index (χ4v) is 5.49. The van der Waals surface area contributed by atoms with E-state index in [0.29, 0.717) is 65.7 Å². The number of rotatable bonds is 13. The van der Waals surface area contributed by atoms with Crippen molar-refractivity contribution < 1.29 is 27.8 Å². The highest BCUT2D eigenvalue weighted by atomic mass is 32.2. The van der Waals surface area contributed by atoms with Crippen molar-refractivity contribution in [3.05, 3.63) is 76.2 Å². The molecule has 1 aliphatic rings. The number of carbonyl (C=O) groups excluding carboxylic acids is 1. The number of amides is 1. The maximum Gasteiger partial charge on any atom is 0.280 e. The number of nitrogens with zero attached hydrogens (tertiary/aromatic N) is 3. The Hall–Kier alpha value is -3.77. The summed E-state index contributed by atoms with van der Waals surface area (Å²) < 4.78 is 43.2. The molecule has 222 valence electrons. The van der Waals surface area contributed by atoms with E-state index in [0.717, 1.165) is 16.7 Å². The van der Waals surface area contributed by atoms with Gasteiger partial charge in [0.1, 0.15) is 17.1 Å². The highest BCUT2D eigenvalue weighted by Gasteiger charge is 2.30. The molecule has 3 aromatic rings. The molecule has 1 amide bonds. The number of alkyl halides is 2. The van der Waals surface area contributed by atoms with Gasteiger partial charge in [0, 0.05) is 23.6 Å². The fourth-order valence-electron chi connectivity index (χ4n) is 4.32. The lowest BCUT2D eigenvalue weighted by Gasteiger charge is -2.16. The number of thiocarbonyl (C=S) groups is 1. The summed E-state index contributed by atoms with van der Waals surface area (Å²) >= 11 is 6.70. The first-order valence-corrected chi connectivity index (χ1v) is 14.8. The van der Waals surface area contributed by atoms with Crippen LogP contribution in [0.2, 0.25) is 0 Å². The summed E-state index contributed by atoms with van der Waals surface area (Å²) in [6, 6.07) is 12.5. The van der Waals surface area contributed by atoms with E-state index in [1.54, 1.807) is 26.2 Å². The zero-order valence-corrected chi connectivity index (χ0v) is 25.4. The standard InChI is InChI=1S/C30H32F2N4O4S2/c1-5-39-25-10-7-19(16-26(25)40-6-2)11-12-36-28(37)23(35-30(36)41)15-20-8-9-24(38-4)21(14-20)17-42-29-33-18(3)13-22(34-29)27(31)32/h7-10,13-16,27H,5-6,11-12,17H2,1-4H3,(H,35,41)/b23-15+. The number of benzene rings is 2. The minimum atomic E-state index is -2.67. The topological polar surface area (TPSA) is 85.8 Å². The van der Waals surface area contributed by atoms with E-state index in [4.69, 9.17) is 26.4 Å². The zero-order chi connectivity index (χ0) is 30.2. The highest BCUT2D eigenvalue weighted by Crippen LogP contribution is 2.31. The molecule has 0 atom stereocenters. The molecule has 0 radical (unpaired) electrons. The van der Waals surface area contributed by atoms with Gasteiger partial charge in [-0.05, 0) is 86.9 Å². The van der Waals surface area contributed by atoms with Gasteiger partial charge in [0.15, 0.2) is 21.8 Å². The van der Waals surface area contributed by atoms with Crippen LogP contribution in [0, 0.1) is 6.92 Å². The molecular formula is C30H32F2N4O4S2. The number of methoxy groups -OCH3 is 1. The maximum absolute atomic E-state index is 13.2. The van der Waals surface area contributed by atoms with Crippen LogP contribution in [-0.2, 0) is 17.0 Å². The Balaban J connectivity index is 1.46. The van der Waals surface area contributed by atoms with E-state index in [2.05, 4.69) is 15.3 Å². The van der Waals surface area contributed by atoms with Crippen LogP contribution in [0.3, 0.4) is 0 Å². The summed E-state index contributed by atoms with van der Waals surface area (Å²) in [6.07, 6.45) is -0.373. The lowest BCUT2D eigenvalue weighted by atomic mass is 10.1. The third kappa shape index (κ3) is 7.74. The summed E-state index contributed by atoms with van der Waals surface area (Å²) in [7, 11) is 1.56. The van der Waals surface area contributed by atoms with Crippen molar-refractivity contribution in [1.29, 1.82) is 0 Å². The first-order valence-electron chi connectivity index (χ1n) is 13.4. The van der Waals surface area contributed by atoms with Gasteiger partial charge in [-0.3, -0.25) is 9.69 Å². The molecule has 0 saturated carbocycles. The minimum Gasteiger partial charge on any atom is -0.496 e. The number of hydrogen-bond acceptors (Lipinski definition) is 8. The molecule has 1 aromatic heterocycles. The van der Waals surface area contributed by atoms with Gasteiger partial charge >= 0.3 is 0 Å². The molecule has 1 saturated heterocycles. The molecule has 1 aliphatic heterocycles. The molecule has 0 unspecified atom stereocenters. The van der Waals surface area contributed by atoms with E-state index in [1.807, 2.05) is 44.2 Å². The van der Waals surface area contributed by atoms with Crippen molar-refractivity contribution in [3.8, 4) is 17.2 Å². The van der Waals surface area contributed by atoms with Gasteiger partial charge < -0.3 is 19.5 Å². The number of halogens is 2. The predicted molar refractivity (Wildman–Crippen MR) is 162 cm³/mol. The van der Waals surface area contributed by atoms with Gasteiger partial charge in [0.2, 0.25) is 0 Å². The Kier molecular flexibility index (Phi) is 10.7. The molecule has 12 heteroatoms. The van der Waals surface area contributed by atoms with Crippen molar-refractivity contribution in [1.82, 2.24) is 20.2 Å². The van der Waals surface area contributed by atoms with E-state index in [9.17, 15) is 13.6 Å². The smallest absolute Gasteiger partial charge is 0.280 e. The van der Waals surface area contributed by atoms with E-state index in [-0.39, 0.29) is 16.8 Å². The molecule has 1 fully saturated rings. The normalized spacial score (nSPS) is 14.1. The average molecular weight is 615 g/mol. The van der Waals surface area contributed by atoms with Crippen LogP contribution in [0.15, 0.2) is 53.3 Å². The van der Waals surface area contributed by atoms with Gasteiger partial charge in [-0.2, -0.15) is 0 Å². The Morgan fingerprint density at radius 1 is 1.05 bits per heavy atom. The Morgan fingerprint density at radius 2 is 1.79 bits per heavy atom. The second kappa shape index (κ2) is 14.4. The number of ether oxygens (including phenoxy) is 3. The number of aryl methyl sites for hydroxylation is 1. The average Bonchev–Trinajstić information content (AvgIpc) is 3.23. The molecule has 1 N–H and O–H groups in total. The molecule has 42 heavy (non-hydrogen) atoms. The maximum atomic E-state index is 13.2. The highest BCUT2D eigenvalue weighted by molar-refractivity contribution is 7.98. The van der Waals surface area contributed by atoms with Crippen LogP contribution in [0.4, 0.5) is 8.78 Å². The first kappa shape index (κ1) is 31.2. The van der Waals surface area contributed by atoms with E-state index < -0.39 is 6.43 Å². The summed E-state index contributed by atoms with van der Waals surface area (Å²) in [5.41, 5.74) is 3.06. The summed E-state index contributed by atoms with van der Waals surface area (Å²) in [5, 5.41) is 3.61. The zero-order valence-electron chi connectivity index (χ0n) is 23.8. The Labute approximate surface area is 253 Å². The van der Waals surface area contributed by atoms with Crippen LogP contribution in [0.5, 0.6) is 17.2 Å². The monoisotopic (exact) mass is 614 g/mol. The number of aromatic nitrogens is 2. The molecule has 0 aliphatic carbocycles. The summed E-state index contributed by atoms with van der Waals surface area (Å²) in [6.45, 7) is 6.93. The van der Waals surface area contributed by atoms with Gasteiger partial charge in [-0.1, -0.05) is 23.9 Å².